The van der Waals surface area contributed by atoms with Gasteiger partial charge < -0.3 is 15.6 Å². The molecule has 0 saturated carbocycles. The summed E-state index contributed by atoms with van der Waals surface area (Å²) in [5, 5.41) is 9.19. The number of benzene rings is 1. The zero-order valence-electron chi connectivity index (χ0n) is 8.84. The molecule has 0 spiro atoms. The fourth-order valence-electron chi connectivity index (χ4n) is 1.37. The topological polar surface area (TPSA) is 89.6 Å². The minimum absolute atomic E-state index is 0.0118. The highest BCUT2D eigenvalue weighted by molar-refractivity contribution is 5.79. The SMILES string of the molecule is COC(=O)CC(N)c1ccc(O)cc1C=O. The van der Waals surface area contributed by atoms with Crippen LogP contribution in [0.5, 0.6) is 5.75 Å². The summed E-state index contributed by atoms with van der Waals surface area (Å²) in [5.74, 6) is -0.464. The highest BCUT2D eigenvalue weighted by atomic mass is 16.5. The first kappa shape index (κ1) is 12.2. The molecular weight excluding hydrogens is 210 g/mol. The van der Waals surface area contributed by atoms with Crippen molar-refractivity contribution in [2.24, 2.45) is 5.73 Å². The monoisotopic (exact) mass is 223 g/mol. The average molecular weight is 223 g/mol. The summed E-state index contributed by atoms with van der Waals surface area (Å²) in [6.07, 6.45) is 0.578. The number of aldehydes is 1. The van der Waals surface area contributed by atoms with Crippen molar-refractivity contribution < 1.29 is 19.4 Å². The molecule has 0 bridgehead atoms. The molecule has 1 aromatic rings. The molecular formula is C11H13NO4. The van der Waals surface area contributed by atoms with Gasteiger partial charge in [-0.3, -0.25) is 9.59 Å². The van der Waals surface area contributed by atoms with E-state index < -0.39 is 12.0 Å². The molecule has 5 nitrogen and oxygen atoms in total. The standard InChI is InChI=1S/C11H13NO4/c1-16-11(15)5-10(12)9-3-2-8(14)4-7(9)6-13/h2-4,6,10,14H,5,12H2,1H3. The number of phenols is 1. The molecule has 0 radical (unpaired) electrons. The second-order valence-corrected chi connectivity index (χ2v) is 3.32. The summed E-state index contributed by atoms with van der Waals surface area (Å²) in [7, 11) is 1.27. The average Bonchev–Trinajstić information content (AvgIpc) is 2.28. The first-order chi connectivity index (χ1) is 7.58. The maximum absolute atomic E-state index is 11.0. The van der Waals surface area contributed by atoms with Crippen molar-refractivity contribution in [3.05, 3.63) is 29.3 Å². The molecule has 0 heterocycles. The Labute approximate surface area is 92.8 Å². The summed E-state index contributed by atoms with van der Waals surface area (Å²) < 4.78 is 4.48. The van der Waals surface area contributed by atoms with Crippen molar-refractivity contribution in [1.82, 2.24) is 0 Å². The van der Waals surface area contributed by atoms with Crippen LogP contribution in [0.25, 0.3) is 0 Å². The van der Waals surface area contributed by atoms with Gasteiger partial charge in [0.25, 0.3) is 0 Å². The molecule has 0 aliphatic rings. The van der Waals surface area contributed by atoms with Gasteiger partial charge in [0.1, 0.15) is 5.75 Å². The number of aromatic hydroxyl groups is 1. The lowest BCUT2D eigenvalue weighted by Crippen LogP contribution is -2.17. The van der Waals surface area contributed by atoms with Gasteiger partial charge in [-0.25, -0.2) is 0 Å². The van der Waals surface area contributed by atoms with Crippen LogP contribution < -0.4 is 5.73 Å². The van der Waals surface area contributed by atoms with Gasteiger partial charge in [0.15, 0.2) is 6.29 Å². The van der Waals surface area contributed by atoms with Gasteiger partial charge in [-0.05, 0) is 17.7 Å². The van der Waals surface area contributed by atoms with Crippen molar-refractivity contribution >= 4 is 12.3 Å². The second kappa shape index (κ2) is 5.27. The number of methoxy groups -OCH3 is 1. The zero-order valence-corrected chi connectivity index (χ0v) is 8.84. The molecule has 1 aromatic carbocycles. The van der Waals surface area contributed by atoms with Crippen molar-refractivity contribution in [2.45, 2.75) is 12.5 Å². The van der Waals surface area contributed by atoms with Crippen LogP contribution in [0.1, 0.15) is 28.4 Å². The van der Waals surface area contributed by atoms with E-state index in [4.69, 9.17) is 5.73 Å². The van der Waals surface area contributed by atoms with Gasteiger partial charge in [-0.15, -0.1) is 0 Å². The number of carbonyl (C=O) groups excluding carboxylic acids is 2. The Balaban J connectivity index is 2.94. The second-order valence-electron chi connectivity index (χ2n) is 3.32. The molecule has 1 unspecified atom stereocenters. The van der Waals surface area contributed by atoms with Crippen LogP contribution >= 0.6 is 0 Å². The zero-order chi connectivity index (χ0) is 12.1. The number of esters is 1. The van der Waals surface area contributed by atoms with Crippen molar-refractivity contribution in [1.29, 1.82) is 0 Å². The lowest BCUT2D eigenvalue weighted by Gasteiger charge is -2.12. The van der Waals surface area contributed by atoms with Gasteiger partial charge in [0.2, 0.25) is 0 Å². The van der Waals surface area contributed by atoms with E-state index in [1.165, 1.54) is 25.3 Å². The minimum atomic E-state index is -0.617. The Bertz CT molecular complexity index is 403. The number of rotatable bonds is 4. The van der Waals surface area contributed by atoms with Gasteiger partial charge in [-0.1, -0.05) is 6.07 Å². The first-order valence-corrected chi connectivity index (χ1v) is 4.69. The van der Waals surface area contributed by atoms with E-state index in [-0.39, 0.29) is 17.7 Å². The molecule has 16 heavy (non-hydrogen) atoms. The van der Waals surface area contributed by atoms with Gasteiger partial charge >= 0.3 is 5.97 Å². The summed E-state index contributed by atoms with van der Waals surface area (Å²) in [6, 6.07) is 3.62. The highest BCUT2D eigenvalue weighted by Crippen LogP contribution is 2.22. The number of nitrogens with two attached hydrogens (primary N) is 1. The molecule has 1 atom stereocenters. The molecule has 0 aliphatic carbocycles. The van der Waals surface area contributed by atoms with Gasteiger partial charge in [-0.2, -0.15) is 0 Å². The highest BCUT2D eigenvalue weighted by Gasteiger charge is 2.15. The third-order valence-corrected chi connectivity index (χ3v) is 2.21. The van der Waals surface area contributed by atoms with Gasteiger partial charge in [0.05, 0.1) is 13.5 Å². The number of ether oxygens (including phenoxy) is 1. The molecule has 0 aromatic heterocycles. The lowest BCUT2D eigenvalue weighted by molar-refractivity contribution is -0.141. The Hall–Kier alpha value is -1.88. The molecule has 1 rings (SSSR count). The molecule has 3 N–H and O–H groups in total. The van der Waals surface area contributed by atoms with Crippen LogP contribution in [0.3, 0.4) is 0 Å². The maximum Gasteiger partial charge on any atom is 0.307 e. The predicted octanol–water partition coefficient (Wildman–Crippen LogP) is 0.768. The number of hydrogen-bond acceptors (Lipinski definition) is 5. The molecule has 86 valence electrons. The molecule has 0 aliphatic heterocycles. The van der Waals surface area contributed by atoms with E-state index >= 15 is 0 Å². The smallest absolute Gasteiger partial charge is 0.307 e. The Morgan fingerprint density at radius 2 is 2.31 bits per heavy atom. The molecule has 5 heteroatoms. The predicted molar refractivity (Wildman–Crippen MR) is 57.1 cm³/mol. The van der Waals surface area contributed by atoms with Crippen LogP contribution in [0.4, 0.5) is 0 Å². The fourth-order valence-corrected chi connectivity index (χ4v) is 1.37. The molecule has 0 fully saturated rings. The largest absolute Gasteiger partial charge is 0.508 e. The van der Waals surface area contributed by atoms with E-state index in [0.717, 1.165) is 0 Å². The van der Waals surface area contributed by atoms with Crippen LogP contribution in [0, 0.1) is 0 Å². The van der Waals surface area contributed by atoms with E-state index in [9.17, 15) is 14.7 Å². The number of hydrogen-bond donors (Lipinski definition) is 2. The first-order valence-electron chi connectivity index (χ1n) is 4.69. The Morgan fingerprint density at radius 3 is 2.88 bits per heavy atom. The van der Waals surface area contributed by atoms with Crippen LogP contribution in [0.2, 0.25) is 0 Å². The Morgan fingerprint density at radius 1 is 1.62 bits per heavy atom. The third-order valence-electron chi connectivity index (χ3n) is 2.21. The third kappa shape index (κ3) is 2.80. The summed E-state index contributed by atoms with van der Waals surface area (Å²) in [6.45, 7) is 0. The fraction of sp³-hybridized carbons (Fsp3) is 0.273. The maximum atomic E-state index is 11.0. The quantitative estimate of drug-likeness (QED) is 0.581. The van der Waals surface area contributed by atoms with Crippen LogP contribution in [-0.2, 0) is 9.53 Å². The van der Waals surface area contributed by atoms with Crippen LogP contribution in [-0.4, -0.2) is 24.5 Å². The lowest BCUT2D eigenvalue weighted by atomic mass is 9.99. The number of carbonyl (C=O) groups is 2. The van der Waals surface area contributed by atoms with E-state index in [2.05, 4.69) is 4.74 Å². The normalized spacial score (nSPS) is 11.9. The number of phenolic OH excluding ortho intramolecular Hbond substituents is 1. The summed E-state index contributed by atoms with van der Waals surface area (Å²) in [4.78, 5) is 21.8. The summed E-state index contributed by atoms with van der Waals surface area (Å²) >= 11 is 0. The van der Waals surface area contributed by atoms with E-state index in [1.807, 2.05) is 0 Å². The molecule has 0 saturated heterocycles. The van der Waals surface area contributed by atoms with Crippen molar-refractivity contribution in [2.75, 3.05) is 7.11 Å². The van der Waals surface area contributed by atoms with Crippen LogP contribution in [0.15, 0.2) is 18.2 Å². The van der Waals surface area contributed by atoms with Crippen molar-refractivity contribution in [3.63, 3.8) is 0 Å². The van der Waals surface area contributed by atoms with E-state index in [0.29, 0.717) is 11.8 Å². The summed E-state index contributed by atoms with van der Waals surface area (Å²) in [5.41, 5.74) is 6.54. The molecule has 0 amide bonds. The van der Waals surface area contributed by atoms with Crippen molar-refractivity contribution in [3.8, 4) is 5.75 Å². The Kier molecular flexibility index (Phi) is 4.02. The van der Waals surface area contributed by atoms with E-state index in [1.54, 1.807) is 0 Å². The van der Waals surface area contributed by atoms with Gasteiger partial charge in [0, 0.05) is 11.6 Å². The minimum Gasteiger partial charge on any atom is -0.508 e.